The van der Waals surface area contributed by atoms with Crippen LogP contribution in [0, 0.1) is 0 Å². The van der Waals surface area contributed by atoms with Gasteiger partial charge in [-0.15, -0.1) is 0 Å². The number of ether oxygens (including phenoxy) is 2. The van der Waals surface area contributed by atoms with E-state index < -0.39 is 24.6 Å². The van der Waals surface area contributed by atoms with Crippen LogP contribution < -0.4 is 0 Å². The smallest absolute Gasteiger partial charge is 0.186 e. The first kappa shape index (κ1) is 18.8. The fourth-order valence-corrected chi connectivity index (χ4v) is 2.54. The predicted molar refractivity (Wildman–Crippen MR) is 80.9 cm³/mol. The fourth-order valence-electron chi connectivity index (χ4n) is 2.54. The van der Waals surface area contributed by atoms with Gasteiger partial charge in [-0.2, -0.15) is 0 Å². The van der Waals surface area contributed by atoms with Crippen LogP contribution in [0.1, 0.15) is 64.7 Å². The van der Waals surface area contributed by atoms with Gasteiger partial charge in [0.2, 0.25) is 0 Å². The Morgan fingerprint density at radius 3 is 2.05 bits per heavy atom. The lowest BCUT2D eigenvalue weighted by Crippen LogP contribution is -2.53. The van der Waals surface area contributed by atoms with E-state index in [1.807, 2.05) is 0 Å². The molecule has 0 amide bonds. The lowest BCUT2D eigenvalue weighted by Gasteiger charge is -2.34. The highest BCUT2D eigenvalue weighted by molar-refractivity contribution is 4.82. The molecule has 1 saturated heterocycles. The summed E-state index contributed by atoms with van der Waals surface area (Å²) in [5.74, 6) is 0. The number of aliphatic hydroxyl groups is 3. The zero-order chi connectivity index (χ0) is 15.5. The van der Waals surface area contributed by atoms with Crippen LogP contribution in [0.4, 0.5) is 0 Å². The van der Waals surface area contributed by atoms with Gasteiger partial charge in [0, 0.05) is 6.61 Å². The molecule has 4 atom stereocenters. The van der Waals surface area contributed by atoms with Crippen molar-refractivity contribution in [3.63, 3.8) is 0 Å². The van der Waals surface area contributed by atoms with Crippen molar-refractivity contribution in [2.75, 3.05) is 13.2 Å². The summed E-state index contributed by atoms with van der Waals surface area (Å²) in [5.41, 5.74) is 0. The van der Waals surface area contributed by atoms with Crippen molar-refractivity contribution < 1.29 is 24.8 Å². The van der Waals surface area contributed by atoms with Gasteiger partial charge in [-0.25, -0.2) is 0 Å². The highest BCUT2D eigenvalue weighted by Gasteiger charge is 2.37. The number of unbranched alkanes of at least 4 members (excludes halogenated alkanes) is 8. The molecule has 0 aromatic carbocycles. The van der Waals surface area contributed by atoms with Crippen LogP contribution in [0.3, 0.4) is 0 Å². The summed E-state index contributed by atoms with van der Waals surface area (Å²) in [5, 5.41) is 28.5. The molecule has 0 aromatic rings. The third kappa shape index (κ3) is 7.56. The Bertz CT molecular complexity index is 249. The monoisotopic (exact) mass is 304 g/mol. The maximum Gasteiger partial charge on any atom is 0.186 e. The lowest BCUT2D eigenvalue weighted by atomic mass is 10.1. The average Bonchev–Trinajstić information content (AvgIpc) is 2.49. The van der Waals surface area contributed by atoms with Crippen LogP contribution in [0.25, 0.3) is 0 Å². The summed E-state index contributed by atoms with van der Waals surface area (Å²) in [7, 11) is 0. The molecule has 3 N–H and O–H groups in total. The van der Waals surface area contributed by atoms with Crippen LogP contribution in [0.5, 0.6) is 0 Å². The minimum Gasteiger partial charge on any atom is -0.388 e. The Hall–Kier alpha value is -0.200. The van der Waals surface area contributed by atoms with Gasteiger partial charge in [0.25, 0.3) is 0 Å². The maximum absolute atomic E-state index is 9.69. The zero-order valence-electron chi connectivity index (χ0n) is 13.2. The second kappa shape index (κ2) is 11.4. The summed E-state index contributed by atoms with van der Waals surface area (Å²) >= 11 is 0. The van der Waals surface area contributed by atoms with E-state index in [0.717, 1.165) is 12.8 Å². The largest absolute Gasteiger partial charge is 0.388 e. The molecule has 1 fully saturated rings. The van der Waals surface area contributed by atoms with Gasteiger partial charge in [-0.05, 0) is 6.42 Å². The van der Waals surface area contributed by atoms with E-state index in [9.17, 15) is 15.3 Å². The highest BCUT2D eigenvalue weighted by atomic mass is 16.7. The van der Waals surface area contributed by atoms with E-state index in [0.29, 0.717) is 6.61 Å². The van der Waals surface area contributed by atoms with Crippen molar-refractivity contribution in [3.8, 4) is 0 Å². The van der Waals surface area contributed by atoms with Gasteiger partial charge in [0.1, 0.15) is 18.3 Å². The van der Waals surface area contributed by atoms with Crippen molar-refractivity contribution in [3.05, 3.63) is 0 Å². The first-order valence-electron chi connectivity index (χ1n) is 8.44. The first-order chi connectivity index (χ1) is 10.2. The standard InChI is InChI=1S/C16H32O5/c1-2-3-4-5-6-7-8-9-10-11-20-16-15(19)14(18)13(17)12-21-16/h13-19H,2-12H2,1H3/t13-,14+,15-,16-/m1/s1. The Kier molecular flexibility index (Phi) is 10.2. The van der Waals surface area contributed by atoms with Gasteiger partial charge in [-0.3, -0.25) is 0 Å². The normalized spacial score (nSPS) is 29.7. The molecule has 1 aliphatic heterocycles. The van der Waals surface area contributed by atoms with Crippen molar-refractivity contribution in [2.24, 2.45) is 0 Å². The van der Waals surface area contributed by atoms with E-state index in [1.54, 1.807) is 0 Å². The first-order valence-corrected chi connectivity index (χ1v) is 8.44. The SMILES string of the molecule is CCCCCCCCCCCO[C@@H]1OC[C@@H](O)[C@H](O)[C@H]1O. The number of aliphatic hydroxyl groups excluding tert-OH is 3. The lowest BCUT2D eigenvalue weighted by molar-refractivity contribution is -0.270. The molecule has 126 valence electrons. The molecule has 1 heterocycles. The maximum atomic E-state index is 9.69. The Labute approximate surface area is 128 Å². The number of rotatable bonds is 11. The van der Waals surface area contributed by atoms with E-state index in [1.165, 1.54) is 44.9 Å². The van der Waals surface area contributed by atoms with Crippen molar-refractivity contribution in [2.45, 2.75) is 89.3 Å². The van der Waals surface area contributed by atoms with Gasteiger partial charge in [-0.1, -0.05) is 58.3 Å². The van der Waals surface area contributed by atoms with Crippen LogP contribution >= 0.6 is 0 Å². The molecule has 0 spiro atoms. The summed E-state index contributed by atoms with van der Waals surface area (Å²) in [4.78, 5) is 0. The minimum absolute atomic E-state index is 0.000648. The Morgan fingerprint density at radius 1 is 0.857 bits per heavy atom. The topological polar surface area (TPSA) is 79.2 Å². The van der Waals surface area contributed by atoms with Gasteiger partial charge in [0.15, 0.2) is 6.29 Å². The summed E-state index contributed by atoms with van der Waals surface area (Å²) < 4.78 is 10.6. The summed E-state index contributed by atoms with van der Waals surface area (Å²) in [6.07, 6.45) is 6.96. The van der Waals surface area contributed by atoms with Crippen LogP contribution in [-0.2, 0) is 9.47 Å². The molecule has 0 unspecified atom stereocenters. The molecule has 1 aliphatic rings. The van der Waals surface area contributed by atoms with E-state index in [-0.39, 0.29) is 6.61 Å². The highest BCUT2D eigenvalue weighted by Crippen LogP contribution is 2.17. The number of hydrogen-bond acceptors (Lipinski definition) is 5. The molecule has 0 aromatic heterocycles. The third-order valence-corrected chi connectivity index (χ3v) is 3.98. The molecule has 0 radical (unpaired) electrons. The van der Waals surface area contributed by atoms with Crippen molar-refractivity contribution in [1.82, 2.24) is 0 Å². The van der Waals surface area contributed by atoms with Crippen LogP contribution in [0.15, 0.2) is 0 Å². The van der Waals surface area contributed by atoms with E-state index >= 15 is 0 Å². The molecular formula is C16H32O5. The van der Waals surface area contributed by atoms with Gasteiger partial charge >= 0.3 is 0 Å². The van der Waals surface area contributed by atoms with Gasteiger partial charge in [0.05, 0.1) is 6.61 Å². The molecule has 5 nitrogen and oxygen atoms in total. The Morgan fingerprint density at radius 2 is 1.43 bits per heavy atom. The quantitative estimate of drug-likeness (QED) is 0.509. The van der Waals surface area contributed by atoms with Gasteiger partial charge < -0.3 is 24.8 Å². The van der Waals surface area contributed by atoms with Crippen molar-refractivity contribution >= 4 is 0 Å². The summed E-state index contributed by atoms with van der Waals surface area (Å²) in [6, 6.07) is 0. The molecule has 21 heavy (non-hydrogen) atoms. The Balaban J connectivity index is 1.92. The fraction of sp³-hybridized carbons (Fsp3) is 1.00. The third-order valence-electron chi connectivity index (χ3n) is 3.98. The second-order valence-corrected chi connectivity index (χ2v) is 5.95. The summed E-state index contributed by atoms with van der Waals surface area (Å²) in [6.45, 7) is 2.74. The van der Waals surface area contributed by atoms with Crippen molar-refractivity contribution in [1.29, 1.82) is 0 Å². The molecule has 0 aliphatic carbocycles. The molecule has 0 saturated carbocycles. The number of hydrogen-bond donors (Lipinski definition) is 3. The predicted octanol–water partition coefficient (Wildman–Crippen LogP) is 1.97. The molecule has 1 rings (SSSR count). The molecular weight excluding hydrogens is 272 g/mol. The van der Waals surface area contributed by atoms with Crippen LogP contribution in [0.2, 0.25) is 0 Å². The van der Waals surface area contributed by atoms with E-state index in [2.05, 4.69) is 6.92 Å². The van der Waals surface area contributed by atoms with Crippen LogP contribution in [-0.4, -0.2) is 53.1 Å². The minimum atomic E-state index is -1.19. The molecule has 5 heteroatoms. The average molecular weight is 304 g/mol. The second-order valence-electron chi connectivity index (χ2n) is 5.95. The molecule has 0 bridgehead atoms. The van der Waals surface area contributed by atoms with E-state index in [4.69, 9.17) is 9.47 Å². The zero-order valence-corrected chi connectivity index (χ0v) is 13.2.